The van der Waals surface area contributed by atoms with E-state index in [9.17, 15) is 14.9 Å². The highest BCUT2D eigenvalue weighted by Gasteiger charge is 2.39. The summed E-state index contributed by atoms with van der Waals surface area (Å²) in [5.74, 6) is -0.149. The molecule has 2 aromatic rings. The molecule has 1 saturated heterocycles. The highest BCUT2D eigenvalue weighted by molar-refractivity contribution is 5.86. The molecular formula is C17H16N4O3. The molecule has 0 bridgehead atoms. The number of hydrogen-bond donors (Lipinski definition) is 1. The molecule has 0 radical (unpaired) electrons. The van der Waals surface area contributed by atoms with Crippen molar-refractivity contribution in [1.82, 2.24) is 10.3 Å². The van der Waals surface area contributed by atoms with Gasteiger partial charge in [0, 0.05) is 25.2 Å². The maximum Gasteiger partial charge on any atom is 0.269 e. The Labute approximate surface area is 138 Å². The van der Waals surface area contributed by atoms with Crippen LogP contribution in [0.1, 0.15) is 11.1 Å². The molecule has 2 aromatic carbocycles. The van der Waals surface area contributed by atoms with Crippen LogP contribution >= 0.6 is 0 Å². The number of nitro groups is 1. The lowest BCUT2D eigenvalue weighted by Crippen LogP contribution is -2.25. The summed E-state index contributed by atoms with van der Waals surface area (Å²) in [5, 5.41) is 14.5. The minimum atomic E-state index is -0.461. The van der Waals surface area contributed by atoms with Crippen molar-refractivity contribution in [2.75, 3.05) is 6.54 Å². The number of non-ortho nitro benzene ring substituents is 1. The van der Waals surface area contributed by atoms with Gasteiger partial charge in [-0.25, -0.2) is 5.43 Å². The van der Waals surface area contributed by atoms with Gasteiger partial charge in [-0.05, 0) is 23.3 Å². The summed E-state index contributed by atoms with van der Waals surface area (Å²) in [6.07, 6.45) is 1.46. The van der Waals surface area contributed by atoms with Crippen molar-refractivity contribution < 1.29 is 9.72 Å². The summed E-state index contributed by atoms with van der Waals surface area (Å²) < 4.78 is 0. The van der Waals surface area contributed by atoms with Gasteiger partial charge in [-0.1, -0.05) is 30.3 Å². The van der Waals surface area contributed by atoms with Crippen molar-refractivity contribution >= 4 is 17.8 Å². The fraction of sp³-hybridized carbons (Fsp3) is 0.176. The van der Waals surface area contributed by atoms with Gasteiger partial charge in [-0.2, -0.15) is 5.10 Å². The van der Waals surface area contributed by atoms with E-state index in [0.717, 1.165) is 6.54 Å². The van der Waals surface area contributed by atoms with Gasteiger partial charge in [0.1, 0.15) is 6.04 Å². The van der Waals surface area contributed by atoms with Crippen LogP contribution in [0.2, 0.25) is 0 Å². The molecule has 2 atom stereocenters. The average Bonchev–Trinajstić information content (AvgIpc) is 3.35. The zero-order valence-corrected chi connectivity index (χ0v) is 12.8. The van der Waals surface area contributed by atoms with Gasteiger partial charge in [0.2, 0.25) is 0 Å². The van der Waals surface area contributed by atoms with Crippen molar-refractivity contribution in [2.45, 2.75) is 12.6 Å². The van der Waals surface area contributed by atoms with E-state index in [0.29, 0.717) is 12.1 Å². The molecule has 0 aromatic heterocycles. The second-order valence-electron chi connectivity index (χ2n) is 5.51. The van der Waals surface area contributed by atoms with Gasteiger partial charge in [-0.15, -0.1) is 0 Å². The number of hydrazone groups is 1. The number of carbonyl (C=O) groups excluding carboxylic acids is 1. The van der Waals surface area contributed by atoms with E-state index in [1.807, 2.05) is 35.2 Å². The van der Waals surface area contributed by atoms with Crippen molar-refractivity contribution in [1.29, 1.82) is 0 Å². The van der Waals surface area contributed by atoms with Gasteiger partial charge < -0.3 is 0 Å². The molecule has 3 rings (SSSR count). The third-order valence-corrected chi connectivity index (χ3v) is 3.74. The molecule has 1 fully saturated rings. The van der Waals surface area contributed by atoms with E-state index in [4.69, 9.17) is 0 Å². The smallest absolute Gasteiger partial charge is 0.269 e. The normalized spacial score (nSPS) is 19.2. The lowest BCUT2D eigenvalue weighted by molar-refractivity contribution is -0.384. The van der Waals surface area contributed by atoms with E-state index >= 15 is 0 Å². The monoisotopic (exact) mass is 324 g/mol. The molecule has 0 spiro atoms. The molecule has 1 heterocycles. The largest absolute Gasteiger partial charge is 0.284 e. The van der Waals surface area contributed by atoms with Crippen LogP contribution in [0.5, 0.6) is 0 Å². The van der Waals surface area contributed by atoms with E-state index in [-0.39, 0.29) is 17.6 Å². The van der Waals surface area contributed by atoms with Crippen LogP contribution in [-0.2, 0) is 11.3 Å². The van der Waals surface area contributed by atoms with Crippen molar-refractivity contribution in [3.8, 4) is 0 Å². The predicted octanol–water partition coefficient (Wildman–Crippen LogP) is 1.93. The maximum atomic E-state index is 12.0. The number of nitrogens with zero attached hydrogens (tertiary/aromatic N) is 3. The highest BCUT2D eigenvalue weighted by Crippen LogP contribution is 2.21. The number of carbonyl (C=O) groups is 1. The van der Waals surface area contributed by atoms with Crippen LogP contribution in [0.25, 0.3) is 0 Å². The quantitative estimate of drug-likeness (QED) is 0.381. The summed E-state index contributed by atoms with van der Waals surface area (Å²) in [4.78, 5) is 24.1. The first-order valence-electron chi connectivity index (χ1n) is 7.49. The van der Waals surface area contributed by atoms with Crippen LogP contribution < -0.4 is 5.43 Å². The SMILES string of the molecule is O=C(NN=Cc1ccc([N+](=O)[O-])cc1)C1CN1Cc1ccccc1. The molecule has 0 aliphatic carbocycles. The number of nitro benzene ring substituents is 1. The molecular weight excluding hydrogens is 308 g/mol. The number of benzene rings is 2. The molecule has 0 saturated carbocycles. The van der Waals surface area contributed by atoms with Crippen LogP contribution in [0, 0.1) is 10.1 Å². The third-order valence-electron chi connectivity index (χ3n) is 3.74. The molecule has 1 aliphatic heterocycles. The van der Waals surface area contributed by atoms with Crippen molar-refractivity contribution in [2.24, 2.45) is 5.10 Å². The van der Waals surface area contributed by atoms with Gasteiger partial charge >= 0.3 is 0 Å². The minimum absolute atomic E-state index is 0.0192. The average molecular weight is 324 g/mol. The molecule has 1 aliphatic rings. The fourth-order valence-electron chi connectivity index (χ4n) is 2.34. The number of nitrogens with one attached hydrogen (secondary N) is 1. The Morgan fingerprint density at radius 1 is 1.25 bits per heavy atom. The van der Waals surface area contributed by atoms with Crippen LogP contribution in [0.3, 0.4) is 0 Å². The topological polar surface area (TPSA) is 87.6 Å². The molecule has 24 heavy (non-hydrogen) atoms. The fourth-order valence-corrected chi connectivity index (χ4v) is 2.34. The summed E-state index contributed by atoms with van der Waals surface area (Å²) in [6, 6.07) is 15.8. The lowest BCUT2D eigenvalue weighted by Gasteiger charge is -2.03. The minimum Gasteiger partial charge on any atom is -0.284 e. The number of hydrogen-bond acceptors (Lipinski definition) is 5. The van der Waals surface area contributed by atoms with E-state index < -0.39 is 4.92 Å². The molecule has 1 N–H and O–H groups in total. The van der Waals surface area contributed by atoms with Crippen molar-refractivity contribution in [3.05, 3.63) is 75.8 Å². The molecule has 7 nitrogen and oxygen atoms in total. The predicted molar refractivity (Wildman–Crippen MR) is 89.5 cm³/mol. The number of rotatable bonds is 6. The Bertz CT molecular complexity index is 759. The Morgan fingerprint density at radius 2 is 1.96 bits per heavy atom. The second-order valence-corrected chi connectivity index (χ2v) is 5.51. The van der Waals surface area contributed by atoms with Gasteiger partial charge in [-0.3, -0.25) is 19.8 Å². The zero-order valence-electron chi connectivity index (χ0n) is 12.8. The third kappa shape index (κ3) is 4.02. The van der Waals surface area contributed by atoms with E-state index in [1.54, 1.807) is 12.1 Å². The van der Waals surface area contributed by atoms with Crippen LogP contribution in [-0.4, -0.2) is 34.5 Å². The standard InChI is InChI=1S/C17H16N4O3/c22-17(16-12-20(16)11-14-4-2-1-3-5-14)19-18-10-13-6-8-15(9-7-13)21(23)24/h1-10,16H,11-12H2,(H,19,22). The first-order valence-corrected chi connectivity index (χ1v) is 7.49. The first-order chi connectivity index (χ1) is 11.6. The molecule has 7 heteroatoms. The van der Waals surface area contributed by atoms with Crippen molar-refractivity contribution in [3.63, 3.8) is 0 Å². The highest BCUT2D eigenvalue weighted by atomic mass is 16.6. The van der Waals surface area contributed by atoms with E-state index in [1.165, 1.54) is 23.9 Å². The second kappa shape index (κ2) is 7.01. The summed E-state index contributed by atoms with van der Waals surface area (Å²) in [7, 11) is 0. The number of amides is 1. The maximum absolute atomic E-state index is 12.0. The lowest BCUT2D eigenvalue weighted by atomic mass is 10.2. The summed E-state index contributed by atoms with van der Waals surface area (Å²) in [6.45, 7) is 1.46. The summed E-state index contributed by atoms with van der Waals surface area (Å²) >= 11 is 0. The Kier molecular flexibility index (Phi) is 4.62. The van der Waals surface area contributed by atoms with Gasteiger partial charge in [0.05, 0.1) is 11.1 Å². The molecule has 122 valence electrons. The Balaban J connectivity index is 1.47. The Hall–Kier alpha value is -3.06. The van der Waals surface area contributed by atoms with E-state index in [2.05, 4.69) is 10.5 Å². The molecule has 2 unspecified atom stereocenters. The van der Waals surface area contributed by atoms with Crippen LogP contribution in [0.15, 0.2) is 59.7 Å². The van der Waals surface area contributed by atoms with Gasteiger partial charge in [0.25, 0.3) is 11.6 Å². The first kappa shape index (κ1) is 15.8. The van der Waals surface area contributed by atoms with Gasteiger partial charge in [0.15, 0.2) is 0 Å². The molecule has 1 amide bonds. The van der Waals surface area contributed by atoms with Crippen LogP contribution in [0.4, 0.5) is 5.69 Å². The Morgan fingerprint density at radius 3 is 2.62 bits per heavy atom. The summed E-state index contributed by atoms with van der Waals surface area (Å²) in [5.41, 5.74) is 4.37. The zero-order chi connectivity index (χ0) is 16.9.